The van der Waals surface area contributed by atoms with Crippen LogP contribution in [0.3, 0.4) is 0 Å². The first kappa shape index (κ1) is 29.7. The summed E-state index contributed by atoms with van der Waals surface area (Å²) in [6.07, 6.45) is -4.81. The van der Waals surface area contributed by atoms with Gasteiger partial charge in [0.1, 0.15) is 24.5 Å². The van der Waals surface area contributed by atoms with E-state index in [1.165, 1.54) is 18.3 Å². The molecule has 39 heavy (non-hydrogen) atoms. The van der Waals surface area contributed by atoms with E-state index < -0.39 is 54.5 Å². The van der Waals surface area contributed by atoms with Crippen LogP contribution in [0.2, 0.25) is 0 Å². The van der Waals surface area contributed by atoms with E-state index in [1.54, 1.807) is 52.0 Å². The Kier molecular flexibility index (Phi) is 9.38. The van der Waals surface area contributed by atoms with Gasteiger partial charge in [0.15, 0.2) is 0 Å². The summed E-state index contributed by atoms with van der Waals surface area (Å²) in [6.45, 7) is 6.36. The van der Waals surface area contributed by atoms with Crippen molar-refractivity contribution in [3.63, 3.8) is 0 Å². The van der Waals surface area contributed by atoms with Crippen LogP contribution in [0, 0.1) is 0 Å². The SMILES string of the molecule is C[C@@H](OC(C)(C)C)[C@@H](NC(=O)OCc1ccccc1)C(=O)Nc1cc(CN2C[C@@H](C(F)(F)F)NC2=O)ccn1. The molecule has 3 N–H and O–H groups in total. The average molecular weight is 552 g/mol. The number of aromatic nitrogens is 1. The number of nitrogens with one attached hydrogen (secondary N) is 3. The van der Waals surface area contributed by atoms with E-state index in [-0.39, 0.29) is 19.0 Å². The van der Waals surface area contributed by atoms with Crippen LogP contribution < -0.4 is 16.0 Å². The zero-order valence-corrected chi connectivity index (χ0v) is 22.0. The number of pyridine rings is 1. The number of benzene rings is 1. The van der Waals surface area contributed by atoms with Crippen molar-refractivity contribution >= 4 is 23.8 Å². The fourth-order valence-corrected chi connectivity index (χ4v) is 3.89. The van der Waals surface area contributed by atoms with Gasteiger partial charge in [0.2, 0.25) is 0 Å². The molecule has 10 nitrogen and oxygen atoms in total. The molecule has 1 aromatic carbocycles. The maximum absolute atomic E-state index is 13.2. The second-order valence-corrected chi connectivity index (χ2v) is 10.1. The summed E-state index contributed by atoms with van der Waals surface area (Å²) in [5.74, 6) is -0.569. The Morgan fingerprint density at radius 2 is 1.85 bits per heavy atom. The summed E-state index contributed by atoms with van der Waals surface area (Å²) in [7, 11) is 0. The van der Waals surface area contributed by atoms with E-state index >= 15 is 0 Å². The average Bonchev–Trinajstić information content (AvgIpc) is 3.21. The summed E-state index contributed by atoms with van der Waals surface area (Å²) in [5, 5.41) is 7.04. The van der Waals surface area contributed by atoms with Crippen molar-refractivity contribution in [1.82, 2.24) is 20.5 Å². The molecule has 3 atom stereocenters. The maximum atomic E-state index is 13.2. The Morgan fingerprint density at radius 1 is 1.15 bits per heavy atom. The van der Waals surface area contributed by atoms with Crippen LogP contribution in [-0.2, 0) is 27.4 Å². The van der Waals surface area contributed by atoms with E-state index in [2.05, 4.69) is 15.6 Å². The minimum absolute atomic E-state index is 0.00159. The van der Waals surface area contributed by atoms with Crippen LogP contribution in [-0.4, -0.2) is 64.4 Å². The number of carbonyl (C=O) groups excluding carboxylic acids is 3. The molecular weight excluding hydrogens is 519 g/mol. The van der Waals surface area contributed by atoms with Gasteiger partial charge >= 0.3 is 18.3 Å². The minimum Gasteiger partial charge on any atom is -0.445 e. The van der Waals surface area contributed by atoms with Crippen LogP contribution in [0.1, 0.15) is 38.8 Å². The zero-order chi connectivity index (χ0) is 28.8. The van der Waals surface area contributed by atoms with E-state index in [0.717, 1.165) is 10.5 Å². The molecule has 0 saturated carbocycles. The van der Waals surface area contributed by atoms with E-state index in [9.17, 15) is 27.6 Å². The zero-order valence-electron chi connectivity index (χ0n) is 22.0. The van der Waals surface area contributed by atoms with E-state index in [1.807, 2.05) is 11.4 Å². The van der Waals surface area contributed by atoms with Gasteiger partial charge < -0.3 is 30.3 Å². The Hall–Kier alpha value is -3.87. The topological polar surface area (TPSA) is 122 Å². The Balaban J connectivity index is 1.67. The highest BCUT2D eigenvalue weighted by atomic mass is 19.4. The number of carbonyl (C=O) groups is 3. The lowest BCUT2D eigenvalue weighted by Gasteiger charge is -2.30. The molecule has 1 aliphatic rings. The lowest BCUT2D eigenvalue weighted by Crippen LogP contribution is -2.52. The number of alkyl carbamates (subject to hydrolysis) is 1. The Bertz CT molecular complexity index is 1160. The molecule has 0 unspecified atom stereocenters. The third kappa shape index (κ3) is 9.13. The first-order chi connectivity index (χ1) is 18.2. The summed E-state index contributed by atoms with van der Waals surface area (Å²) >= 11 is 0. The molecule has 13 heteroatoms. The molecule has 1 aromatic heterocycles. The first-order valence-corrected chi connectivity index (χ1v) is 12.2. The molecule has 2 heterocycles. The number of nitrogens with zero attached hydrogens (tertiary/aromatic N) is 2. The van der Waals surface area contributed by atoms with Crippen molar-refractivity contribution in [2.24, 2.45) is 0 Å². The number of halogens is 3. The number of rotatable bonds is 9. The van der Waals surface area contributed by atoms with Crippen molar-refractivity contribution in [3.8, 4) is 0 Å². The van der Waals surface area contributed by atoms with Crippen molar-refractivity contribution in [3.05, 3.63) is 59.8 Å². The summed E-state index contributed by atoms with van der Waals surface area (Å²) in [4.78, 5) is 42.8. The van der Waals surface area contributed by atoms with Gasteiger partial charge in [-0.15, -0.1) is 0 Å². The van der Waals surface area contributed by atoms with Gasteiger partial charge in [-0.05, 0) is 51.0 Å². The Labute approximate surface area is 224 Å². The number of amides is 4. The summed E-state index contributed by atoms with van der Waals surface area (Å²) in [6, 6.07) is 8.00. The largest absolute Gasteiger partial charge is 0.445 e. The molecular formula is C26H32F3N5O5. The quantitative estimate of drug-likeness (QED) is 0.434. The third-order valence-corrected chi connectivity index (χ3v) is 5.61. The van der Waals surface area contributed by atoms with Gasteiger partial charge in [0.25, 0.3) is 5.91 Å². The van der Waals surface area contributed by atoms with Crippen molar-refractivity contribution in [1.29, 1.82) is 0 Å². The van der Waals surface area contributed by atoms with Gasteiger partial charge in [0, 0.05) is 12.7 Å². The molecule has 0 bridgehead atoms. The Morgan fingerprint density at radius 3 is 2.46 bits per heavy atom. The molecule has 1 aliphatic heterocycles. The van der Waals surface area contributed by atoms with E-state index in [0.29, 0.717) is 5.56 Å². The second kappa shape index (κ2) is 12.3. The molecule has 4 amide bonds. The van der Waals surface area contributed by atoms with Crippen LogP contribution in [0.15, 0.2) is 48.7 Å². The number of urea groups is 1. The van der Waals surface area contributed by atoms with Crippen LogP contribution in [0.5, 0.6) is 0 Å². The smallest absolute Gasteiger partial charge is 0.410 e. The molecule has 2 aromatic rings. The lowest BCUT2D eigenvalue weighted by molar-refractivity contribution is -0.149. The predicted octanol–water partition coefficient (Wildman–Crippen LogP) is 3.97. The second-order valence-electron chi connectivity index (χ2n) is 10.1. The van der Waals surface area contributed by atoms with Crippen LogP contribution >= 0.6 is 0 Å². The van der Waals surface area contributed by atoms with Gasteiger partial charge in [-0.25, -0.2) is 14.6 Å². The molecule has 0 spiro atoms. The van der Waals surface area contributed by atoms with Gasteiger partial charge in [-0.2, -0.15) is 13.2 Å². The summed E-state index contributed by atoms with van der Waals surface area (Å²) in [5.41, 5.74) is 0.585. The van der Waals surface area contributed by atoms with Crippen molar-refractivity contribution in [2.45, 2.75) is 70.8 Å². The number of ether oxygens (including phenoxy) is 2. The first-order valence-electron chi connectivity index (χ1n) is 12.2. The van der Waals surface area contributed by atoms with Gasteiger partial charge in [0.05, 0.1) is 18.2 Å². The molecule has 1 saturated heterocycles. The number of alkyl halides is 3. The van der Waals surface area contributed by atoms with Gasteiger partial charge in [-0.1, -0.05) is 30.3 Å². The van der Waals surface area contributed by atoms with Crippen molar-refractivity contribution in [2.75, 3.05) is 11.9 Å². The minimum atomic E-state index is -4.56. The van der Waals surface area contributed by atoms with Crippen molar-refractivity contribution < 1.29 is 37.0 Å². The third-order valence-electron chi connectivity index (χ3n) is 5.61. The van der Waals surface area contributed by atoms with Gasteiger partial charge in [-0.3, -0.25) is 4.79 Å². The van der Waals surface area contributed by atoms with Crippen LogP contribution in [0.4, 0.5) is 28.6 Å². The highest BCUT2D eigenvalue weighted by Crippen LogP contribution is 2.25. The summed E-state index contributed by atoms with van der Waals surface area (Å²) < 4.78 is 50.1. The fourth-order valence-electron chi connectivity index (χ4n) is 3.89. The maximum Gasteiger partial charge on any atom is 0.410 e. The van der Waals surface area contributed by atoms with E-state index in [4.69, 9.17) is 9.47 Å². The fraction of sp³-hybridized carbons (Fsp3) is 0.462. The molecule has 0 radical (unpaired) electrons. The number of hydrogen-bond donors (Lipinski definition) is 3. The molecule has 1 fully saturated rings. The normalized spacial score (nSPS) is 17.3. The molecule has 212 valence electrons. The standard InChI is InChI=1S/C26H32F3N5O5/c1-16(39-25(2,3)4)21(33-24(37)38-15-17-8-6-5-7-9-17)22(35)32-20-12-18(10-11-30-20)13-34-14-19(26(27,28)29)31-23(34)36/h5-12,16,19,21H,13-15H2,1-4H3,(H,31,36)(H,33,37)(H,30,32,35)/t16-,19+,21-/m1/s1. The number of anilines is 1. The lowest BCUT2D eigenvalue weighted by atomic mass is 10.1. The molecule has 3 rings (SSSR count). The number of hydrogen-bond acceptors (Lipinski definition) is 6. The monoisotopic (exact) mass is 551 g/mol. The van der Waals surface area contributed by atoms with Crippen LogP contribution in [0.25, 0.3) is 0 Å². The highest BCUT2D eigenvalue weighted by Gasteiger charge is 2.46. The highest BCUT2D eigenvalue weighted by molar-refractivity contribution is 5.96. The predicted molar refractivity (Wildman–Crippen MR) is 136 cm³/mol. The molecule has 0 aliphatic carbocycles.